The minimum atomic E-state index is 0.430. The van der Waals surface area contributed by atoms with Gasteiger partial charge in [-0.1, -0.05) is 19.3 Å². The van der Waals surface area contributed by atoms with Crippen molar-refractivity contribution in [1.29, 1.82) is 0 Å². The molecule has 2 fully saturated rings. The van der Waals surface area contributed by atoms with Crippen LogP contribution >= 0.6 is 0 Å². The lowest BCUT2D eigenvalue weighted by molar-refractivity contribution is 0.0468. The van der Waals surface area contributed by atoms with Crippen LogP contribution in [-0.4, -0.2) is 36.8 Å². The second-order valence-electron chi connectivity index (χ2n) is 5.18. The minimum absolute atomic E-state index is 0.430. The average Bonchev–Trinajstić information content (AvgIpc) is 2.13. The van der Waals surface area contributed by atoms with Crippen LogP contribution in [-0.2, 0) is 0 Å². The third-order valence-corrected chi connectivity index (χ3v) is 4.33. The van der Waals surface area contributed by atoms with Gasteiger partial charge in [0.1, 0.15) is 0 Å². The molecule has 1 N–H and O–H groups in total. The number of aliphatic hydroxyl groups is 1. The van der Waals surface area contributed by atoms with Crippen molar-refractivity contribution in [2.24, 2.45) is 17.8 Å². The molecule has 0 aromatic rings. The maximum atomic E-state index is 9.47. The second-order valence-corrected chi connectivity index (χ2v) is 5.18. The van der Waals surface area contributed by atoms with E-state index in [4.69, 9.17) is 0 Å². The Morgan fingerprint density at radius 1 is 1.14 bits per heavy atom. The van der Waals surface area contributed by atoms with Crippen LogP contribution in [0.25, 0.3) is 0 Å². The van der Waals surface area contributed by atoms with Gasteiger partial charge < -0.3 is 10.0 Å². The molecule has 1 saturated carbocycles. The summed E-state index contributed by atoms with van der Waals surface area (Å²) in [6, 6.07) is 0. The standard InChI is InChI=1S/C12H23NO/c1-13-7-5-11(6-8-13)12(9-14)10-3-2-4-10/h10-12,14H,2-9H2,1H3. The molecule has 2 aliphatic rings. The Hall–Kier alpha value is -0.0800. The van der Waals surface area contributed by atoms with Gasteiger partial charge in [-0.15, -0.1) is 0 Å². The Morgan fingerprint density at radius 2 is 1.71 bits per heavy atom. The molecule has 2 heteroatoms. The molecule has 1 heterocycles. The van der Waals surface area contributed by atoms with E-state index in [0.717, 1.165) is 11.8 Å². The number of nitrogens with zero attached hydrogens (tertiary/aromatic N) is 1. The Bertz CT molecular complexity index is 171. The molecule has 14 heavy (non-hydrogen) atoms. The highest BCUT2D eigenvalue weighted by molar-refractivity contribution is 4.84. The summed E-state index contributed by atoms with van der Waals surface area (Å²) in [5.41, 5.74) is 0. The van der Waals surface area contributed by atoms with E-state index >= 15 is 0 Å². The Morgan fingerprint density at radius 3 is 2.14 bits per heavy atom. The summed E-state index contributed by atoms with van der Waals surface area (Å²) in [5.74, 6) is 2.28. The maximum Gasteiger partial charge on any atom is 0.0464 e. The molecular weight excluding hydrogens is 174 g/mol. The number of hydrogen-bond donors (Lipinski definition) is 1. The summed E-state index contributed by atoms with van der Waals surface area (Å²) in [5, 5.41) is 9.47. The van der Waals surface area contributed by atoms with Crippen molar-refractivity contribution in [3.63, 3.8) is 0 Å². The lowest BCUT2D eigenvalue weighted by atomic mass is 9.68. The van der Waals surface area contributed by atoms with Crippen LogP contribution in [0.15, 0.2) is 0 Å². The third kappa shape index (κ3) is 2.12. The number of piperidine rings is 1. The summed E-state index contributed by atoms with van der Waals surface area (Å²) in [6.07, 6.45) is 6.75. The maximum absolute atomic E-state index is 9.47. The molecule has 0 radical (unpaired) electrons. The molecule has 1 atom stereocenters. The van der Waals surface area contributed by atoms with E-state index < -0.39 is 0 Å². The Balaban J connectivity index is 1.84. The van der Waals surface area contributed by atoms with E-state index in [-0.39, 0.29) is 0 Å². The van der Waals surface area contributed by atoms with E-state index in [0.29, 0.717) is 12.5 Å². The number of rotatable bonds is 3. The first-order chi connectivity index (χ1) is 6.81. The van der Waals surface area contributed by atoms with Crippen molar-refractivity contribution >= 4 is 0 Å². The van der Waals surface area contributed by atoms with Crippen molar-refractivity contribution in [2.45, 2.75) is 32.1 Å². The molecule has 0 amide bonds. The second kappa shape index (κ2) is 4.63. The molecule has 1 aliphatic carbocycles. The monoisotopic (exact) mass is 197 g/mol. The van der Waals surface area contributed by atoms with Gasteiger partial charge in [0.15, 0.2) is 0 Å². The van der Waals surface area contributed by atoms with Crippen molar-refractivity contribution < 1.29 is 5.11 Å². The Labute approximate surface area is 87.3 Å². The molecule has 0 aromatic heterocycles. The first-order valence-electron chi connectivity index (χ1n) is 6.10. The predicted molar refractivity (Wildman–Crippen MR) is 58.1 cm³/mol. The molecule has 1 unspecified atom stereocenters. The molecule has 82 valence electrons. The fourth-order valence-corrected chi connectivity index (χ4v) is 3.01. The molecule has 2 nitrogen and oxygen atoms in total. The minimum Gasteiger partial charge on any atom is -0.396 e. The van der Waals surface area contributed by atoms with Gasteiger partial charge in [0.2, 0.25) is 0 Å². The highest BCUT2D eigenvalue weighted by atomic mass is 16.3. The summed E-state index contributed by atoms with van der Waals surface area (Å²) in [4.78, 5) is 2.41. The summed E-state index contributed by atoms with van der Waals surface area (Å²) >= 11 is 0. The molecule has 0 spiro atoms. The van der Waals surface area contributed by atoms with Gasteiger partial charge in [0.25, 0.3) is 0 Å². The molecule has 0 aromatic carbocycles. The number of likely N-dealkylation sites (tertiary alicyclic amines) is 1. The highest BCUT2D eigenvalue weighted by Crippen LogP contribution is 2.40. The van der Waals surface area contributed by atoms with Crippen molar-refractivity contribution in [3.8, 4) is 0 Å². The molecule has 1 aliphatic heterocycles. The highest BCUT2D eigenvalue weighted by Gasteiger charge is 2.33. The quantitative estimate of drug-likeness (QED) is 0.745. The zero-order valence-electron chi connectivity index (χ0n) is 9.28. The van der Waals surface area contributed by atoms with Gasteiger partial charge in [-0.25, -0.2) is 0 Å². The fraction of sp³-hybridized carbons (Fsp3) is 1.00. The smallest absolute Gasteiger partial charge is 0.0464 e. The van der Waals surface area contributed by atoms with Gasteiger partial charge in [0, 0.05) is 6.61 Å². The first-order valence-corrected chi connectivity index (χ1v) is 6.10. The van der Waals surface area contributed by atoms with E-state index in [1.807, 2.05) is 0 Å². The van der Waals surface area contributed by atoms with Crippen LogP contribution in [0.4, 0.5) is 0 Å². The lowest BCUT2D eigenvalue weighted by Gasteiger charge is -2.41. The SMILES string of the molecule is CN1CCC(C(CO)C2CCC2)CC1. The molecule has 1 saturated heterocycles. The van der Waals surface area contributed by atoms with Crippen LogP contribution in [0.2, 0.25) is 0 Å². The normalized spacial score (nSPS) is 28.7. The van der Waals surface area contributed by atoms with Gasteiger partial charge in [0.05, 0.1) is 0 Å². The molecule has 2 rings (SSSR count). The summed E-state index contributed by atoms with van der Waals surface area (Å²) < 4.78 is 0. The van der Waals surface area contributed by atoms with E-state index in [2.05, 4.69) is 11.9 Å². The first kappa shape index (κ1) is 10.4. The third-order valence-electron chi connectivity index (χ3n) is 4.33. The average molecular weight is 197 g/mol. The van der Waals surface area contributed by atoms with Crippen LogP contribution in [0, 0.1) is 17.8 Å². The summed E-state index contributed by atoms with van der Waals surface area (Å²) in [6.45, 7) is 2.89. The number of aliphatic hydroxyl groups excluding tert-OH is 1. The topological polar surface area (TPSA) is 23.5 Å². The van der Waals surface area contributed by atoms with Crippen molar-refractivity contribution in [1.82, 2.24) is 4.90 Å². The van der Waals surface area contributed by atoms with E-state index in [9.17, 15) is 5.11 Å². The Kier molecular flexibility index (Phi) is 3.45. The van der Waals surface area contributed by atoms with Crippen LogP contribution in [0.5, 0.6) is 0 Å². The van der Waals surface area contributed by atoms with Crippen molar-refractivity contribution in [3.05, 3.63) is 0 Å². The fourth-order valence-electron chi connectivity index (χ4n) is 3.01. The van der Waals surface area contributed by atoms with Gasteiger partial charge in [-0.2, -0.15) is 0 Å². The predicted octanol–water partition coefficient (Wildman–Crippen LogP) is 1.74. The van der Waals surface area contributed by atoms with Gasteiger partial charge in [-0.3, -0.25) is 0 Å². The number of hydrogen-bond acceptors (Lipinski definition) is 2. The van der Waals surface area contributed by atoms with E-state index in [1.165, 1.54) is 45.2 Å². The molecule has 0 bridgehead atoms. The van der Waals surface area contributed by atoms with Crippen LogP contribution < -0.4 is 0 Å². The van der Waals surface area contributed by atoms with Crippen LogP contribution in [0.1, 0.15) is 32.1 Å². The molecular formula is C12H23NO. The zero-order chi connectivity index (χ0) is 9.97. The summed E-state index contributed by atoms with van der Waals surface area (Å²) in [7, 11) is 2.20. The van der Waals surface area contributed by atoms with E-state index in [1.54, 1.807) is 0 Å². The van der Waals surface area contributed by atoms with Crippen molar-refractivity contribution in [2.75, 3.05) is 26.7 Å². The lowest BCUT2D eigenvalue weighted by Crippen LogP contribution is -2.38. The zero-order valence-corrected chi connectivity index (χ0v) is 9.28. The van der Waals surface area contributed by atoms with Crippen LogP contribution in [0.3, 0.4) is 0 Å². The van der Waals surface area contributed by atoms with Gasteiger partial charge >= 0.3 is 0 Å². The largest absolute Gasteiger partial charge is 0.396 e. The van der Waals surface area contributed by atoms with Gasteiger partial charge in [-0.05, 0) is 50.7 Å².